The van der Waals surface area contributed by atoms with E-state index in [1.54, 1.807) is 14.2 Å². The Kier molecular flexibility index (Phi) is 9.28. The van der Waals surface area contributed by atoms with Gasteiger partial charge in [0.05, 0.1) is 12.7 Å². The molecule has 2 N–H and O–H groups in total. The van der Waals surface area contributed by atoms with Gasteiger partial charge in [0.1, 0.15) is 0 Å². The van der Waals surface area contributed by atoms with E-state index < -0.39 is 0 Å². The van der Waals surface area contributed by atoms with Crippen LogP contribution in [0.25, 0.3) is 0 Å². The monoisotopic (exact) mass is 122 g/mol. The van der Waals surface area contributed by atoms with Crippen LogP contribution < -0.4 is 0 Å². The minimum absolute atomic E-state index is 0. The summed E-state index contributed by atoms with van der Waals surface area (Å²) in [6.07, 6.45) is 0.227. The van der Waals surface area contributed by atoms with Crippen LogP contribution in [0.15, 0.2) is 0 Å². The van der Waals surface area contributed by atoms with Gasteiger partial charge >= 0.3 is 0 Å². The zero-order chi connectivity index (χ0) is 5.70. The Morgan fingerprint density at radius 2 is 1.88 bits per heavy atom. The van der Waals surface area contributed by atoms with Gasteiger partial charge in [-0.15, -0.1) is 0 Å². The van der Waals surface area contributed by atoms with Crippen molar-refractivity contribution in [1.82, 2.24) is 0 Å². The first-order chi connectivity index (χ1) is 3.31. The lowest BCUT2D eigenvalue weighted by Crippen LogP contribution is -2.11. The third kappa shape index (κ3) is 5.88. The summed E-state index contributed by atoms with van der Waals surface area (Å²) in [7, 11) is 3.33. The van der Waals surface area contributed by atoms with Gasteiger partial charge in [-0.1, -0.05) is 0 Å². The Morgan fingerprint density at radius 3 is 2.00 bits per heavy atom. The summed E-state index contributed by atoms with van der Waals surface area (Å²) in [5, 5.41) is 0. The minimum Gasteiger partial charge on any atom is -0.412 e. The molecule has 1 atom stereocenters. The highest BCUT2D eigenvalue weighted by atomic mass is 16.5. The zero-order valence-corrected chi connectivity index (χ0v) is 5.60. The standard InChI is InChI=1S/C5H12O2.H2O/c1-5(7-3)4-6-2;/h5H,4H2,1-3H3;1H2. The highest BCUT2D eigenvalue weighted by Gasteiger charge is 1.93. The molecule has 0 saturated heterocycles. The summed E-state index contributed by atoms with van der Waals surface area (Å²) < 4.78 is 9.64. The molecule has 3 nitrogen and oxygen atoms in total. The predicted molar refractivity (Wildman–Crippen MR) is 32.0 cm³/mol. The topological polar surface area (TPSA) is 50.0 Å². The highest BCUT2D eigenvalue weighted by molar-refractivity contribution is 4.41. The summed E-state index contributed by atoms with van der Waals surface area (Å²) in [6, 6.07) is 0. The Labute approximate surface area is 49.9 Å². The fourth-order valence-electron chi connectivity index (χ4n) is 0.303. The lowest BCUT2D eigenvalue weighted by atomic mass is 10.4. The van der Waals surface area contributed by atoms with Gasteiger partial charge in [0.15, 0.2) is 0 Å². The van der Waals surface area contributed by atoms with E-state index in [-0.39, 0.29) is 11.6 Å². The van der Waals surface area contributed by atoms with E-state index in [0.29, 0.717) is 6.61 Å². The normalized spacial score (nSPS) is 12.4. The van der Waals surface area contributed by atoms with Crippen LogP contribution in [0.2, 0.25) is 0 Å². The molecule has 0 bridgehead atoms. The van der Waals surface area contributed by atoms with Crippen molar-refractivity contribution in [2.24, 2.45) is 0 Å². The molecule has 0 rings (SSSR count). The van der Waals surface area contributed by atoms with E-state index in [9.17, 15) is 0 Å². The van der Waals surface area contributed by atoms with Gasteiger partial charge in [0.25, 0.3) is 0 Å². The molecule has 3 heteroatoms. The molecule has 1 unspecified atom stereocenters. The maximum atomic E-state index is 4.87. The average Bonchev–Trinajstić information content (AvgIpc) is 1.68. The number of hydrogen-bond acceptors (Lipinski definition) is 2. The summed E-state index contributed by atoms with van der Waals surface area (Å²) in [5.41, 5.74) is 0. The average molecular weight is 122 g/mol. The predicted octanol–water partition coefficient (Wildman–Crippen LogP) is -0.157. The van der Waals surface area contributed by atoms with Crippen LogP contribution in [-0.4, -0.2) is 32.4 Å². The Morgan fingerprint density at radius 1 is 1.38 bits per heavy atom. The number of ether oxygens (including phenoxy) is 2. The fraction of sp³-hybridized carbons (Fsp3) is 1.00. The third-order valence-electron chi connectivity index (χ3n) is 0.804. The smallest absolute Gasteiger partial charge is 0.0776 e. The Hall–Kier alpha value is -0.120. The second-order valence-electron chi connectivity index (χ2n) is 1.50. The third-order valence-corrected chi connectivity index (χ3v) is 0.804. The van der Waals surface area contributed by atoms with Crippen LogP contribution in [0.4, 0.5) is 0 Å². The van der Waals surface area contributed by atoms with Gasteiger partial charge < -0.3 is 14.9 Å². The number of rotatable bonds is 3. The van der Waals surface area contributed by atoms with Gasteiger partial charge in [0.2, 0.25) is 0 Å². The van der Waals surface area contributed by atoms with Crippen LogP contribution >= 0.6 is 0 Å². The molecule has 0 spiro atoms. The zero-order valence-electron chi connectivity index (χ0n) is 5.60. The molecule has 8 heavy (non-hydrogen) atoms. The number of methoxy groups -OCH3 is 2. The first-order valence-electron chi connectivity index (χ1n) is 2.33. The van der Waals surface area contributed by atoms with Crippen molar-refractivity contribution in [3.63, 3.8) is 0 Å². The van der Waals surface area contributed by atoms with E-state index in [2.05, 4.69) is 0 Å². The van der Waals surface area contributed by atoms with Gasteiger partial charge in [-0.3, -0.25) is 0 Å². The lowest BCUT2D eigenvalue weighted by Gasteiger charge is -2.05. The maximum Gasteiger partial charge on any atom is 0.0776 e. The summed E-state index contributed by atoms with van der Waals surface area (Å²) in [5.74, 6) is 0. The van der Waals surface area contributed by atoms with Crippen molar-refractivity contribution >= 4 is 0 Å². The van der Waals surface area contributed by atoms with Crippen LogP contribution in [0.3, 0.4) is 0 Å². The van der Waals surface area contributed by atoms with Gasteiger partial charge in [0, 0.05) is 14.2 Å². The quantitative estimate of drug-likeness (QED) is 0.522. The van der Waals surface area contributed by atoms with Gasteiger partial charge in [-0.05, 0) is 6.92 Å². The molecule has 0 aliphatic carbocycles. The van der Waals surface area contributed by atoms with Crippen molar-refractivity contribution < 1.29 is 14.9 Å². The van der Waals surface area contributed by atoms with E-state index >= 15 is 0 Å². The second-order valence-corrected chi connectivity index (χ2v) is 1.50. The first-order valence-corrected chi connectivity index (χ1v) is 2.33. The minimum atomic E-state index is 0. The number of hydrogen-bond donors (Lipinski definition) is 0. The van der Waals surface area contributed by atoms with Crippen LogP contribution in [-0.2, 0) is 9.47 Å². The molecule has 0 saturated carbocycles. The molecule has 0 aliphatic rings. The molecule has 0 radical (unpaired) electrons. The summed E-state index contributed by atoms with van der Waals surface area (Å²) in [6.45, 7) is 2.64. The van der Waals surface area contributed by atoms with Crippen LogP contribution in [0.1, 0.15) is 6.92 Å². The molecule has 0 aromatic rings. The van der Waals surface area contributed by atoms with Gasteiger partial charge in [-0.25, -0.2) is 0 Å². The van der Waals surface area contributed by atoms with E-state index in [0.717, 1.165) is 0 Å². The molecule has 0 heterocycles. The van der Waals surface area contributed by atoms with Gasteiger partial charge in [-0.2, -0.15) is 0 Å². The summed E-state index contributed by atoms with van der Waals surface area (Å²) >= 11 is 0. The van der Waals surface area contributed by atoms with Crippen molar-refractivity contribution in [3.05, 3.63) is 0 Å². The molecule has 0 aromatic heterocycles. The van der Waals surface area contributed by atoms with Crippen molar-refractivity contribution in [1.29, 1.82) is 0 Å². The van der Waals surface area contributed by atoms with Crippen LogP contribution in [0, 0.1) is 0 Å². The highest BCUT2D eigenvalue weighted by Crippen LogP contribution is 1.84. The van der Waals surface area contributed by atoms with Crippen molar-refractivity contribution in [2.75, 3.05) is 20.8 Å². The Balaban J connectivity index is 0. The molecule has 0 aromatic carbocycles. The molecule has 0 aliphatic heterocycles. The van der Waals surface area contributed by atoms with Crippen LogP contribution in [0.5, 0.6) is 0 Å². The van der Waals surface area contributed by atoms with E-state index in [1.807, 2.05) is 6.92 Å². The molecular formula is C5H14O3. The Bertz CT molecular complexity index is 38.7. The maximum absolute atomic E-state index is 4.87. The molecule has 0 fully saturated rings. The van der Waals surface area contributed by atoms with E-state index in [1.165, 1.54) is 0 Å². The molecule has 52 valence electrons. The van der Waals surface area contributed by atoms with E-state index in [4.69, 9.17) is 9.47 Å². The second kappa shape index (κ2) is 6.88. The largest absolute Gasteiger partial charge is 0.412 e. The van der Waals surface area contributed by atoms with Crippen molar-refractivity contribution in [2.45, 2.75) is 13.0 Å². The first kappa shape index (κ1) is 10.8. The lowest BCUT2D eigenvalue weighted by molar-refractivity contribution is 0.0401. The van der Waals surface area contributed by atoms with Crippen molar-refractivity contribution in [3.8, 4) is 0 Å². The molecular weight excluding hydrogens is 108 g/mol. The summed E-state index contributed by atoms with van der Waals surface area (Å²) in [4.78, 5) is 0. The fourth-order valence-corrected chi connectivity index (χ4v) is 0.303. The molecule has 0 amide bonds. The SMILES string of the molecule is COCC(C)OC.O.